The van der Waals surface area contributed by atoms with Crippen molar-refractivity contribution in [3.8, 4) is 6.07 Å². The largest absolute Gasteiger partial charge is 0.464 e. The van der Waals surface area contributed by atoms with Gasteiger partial charge in [0.05, 0.1) is 18.4 Å². The van der Waals surface area contributed by atoms with Gasteiger partial charge in [0.2, 0.25) is 0 Å². The maximum Gasteiger partial charge on any atom is 0.356 e. The van der Waals surface area contributed by atoms with E-state index in [9.17, 15) is 4.79 Å². The topological polar surface area (TPSA) is 91.9 Å². The molecule has 68 valence electrons. The van der Waals surface area contributed by atoms with Crippen LogP contribution in [-0.2, 0) is 4.74 Å². The van der Waals surface area contributed by atoms with E-state index in [1.165, 1.54) is 7.11 Å². The fourth-order valence-electron chi connectivity index (χ4n) is 1.05. The normalized spacial score (nSPS) is 9.31. The first-order valence-electron chi connectivity index (χ1n) is 3.58. The predicted octanol–water partition coefficient (Wildman–Crippen LogP) is 0.564. The summed E-state index contributed by atoms with van der Waals surface area (Å²) in [6.45, 7) is 1.67. The average Bonchev–Trinajstić information content (AvgIpc) is 2.40. The number of esters is 1. The first-order chi connectivity index (χ1) is 6.11. The Kier molecular flexibility index (Phi) is 2.24. The van der Waals surface area contributed by atoms with Crippen molar-refractivity contribution in [2.75, 3.05) is 12.8 Å². The molecule has 5 heteroatoms. The summed E-state index contributed by atoms with van der Waals surface area (Å²) in [4.78, 5) is 13.8. The molecular formula is C8H9N3O2. The highest BCUT2D eigenvalue weighted by Gasteiger charge is 2.17. The van der Waals surface area contributed by atoms with Crippen LogP contribution in [0.3, 0.4) is 0 Å². The van der Waals surface area contributed by atoms with Crippen LogP contribution >= 0.6 is 0 Å². The van der Waals surface area contributed by atoms with Gasteiger partial charge in [-0.2, -0.15) is 5.26 Å². The monoisotopic (exact) mass is 179 g/mol. The fraction of sp³-hybridized carbons (Fsp3) is 0.250. The minimum absolute atomic E-state index is 0.136. The Balaban J connectivity index is 3.28. The van der Waals surface area contributed by atoms with Crippen LogP contribution in [-0.4, -0.2) is 18.1 Å². The Morgan fingerprint density at radius 1 is 1.69 bits per heavy atom. The van der Waals surface area contributed by atoms with Crippen LogP contribution in [0, 0.1) is 18.3 Å². The third kappa shape index (κ3) is 1.34. The Morgan fingerprint density at radius 2 is 2.31 bits per heavy atom. The minimum Gasteiger partial charge on any atom is -0.464 e. The molecule has 0 fully saturated rings. The van der Waals surface area contributed by atoms with Gasteiger partial charge in [-0.05, 0) is 6.92 Å². The lowest BCUT2D eigenvalue weighted by Crippen LogP contribution is -2.05. The zero-order chi connectivity index (χ0) is 10.0. The van der Waals surface area contributed by atoms with Gasteiger partial charge in [0.1, 0.15) is 11.8 Å². The van der Waals surface area contributed by atoms with Gasteiger partial charge in [-0.25, -0.2) is 4.79 Å². The fourth-order valence-corrected chi connectivity index (χ4v) is 1.05. The van der Waals surface area contributed by atoms with Crippen molar-refractivity contribution < 1.29 is 9.53 Å². The van der Waals surface area contributed by atoms with Gasteiger partial charge < -0.3 is 15.5 Å². The van der Waals surface area contributed by atoms with Gasteiger partial charge in [-0.1, -0.05) is 0 Å². The molecule has 5 nitrogen and oxygen atoms in total. The molecule has 13 heavy (non-hydrogen) atoms. The molecule has 0 bridgehead atoms. The van der Waals surface area contributed by atoms with Crippen LogP contribution in [0.5, 0.6) is 0 Å². The first kappa shape index (κ1) is 9.13. The van der Waals surface area contributed by atoms with Crippen molar-refractivity contribution in [3.63, 3.8) is 0 Å². The molecule has 0 saturated heterocycles. The number of nitrogens with zero attached hydrogens (tertiary/aromatic N) is 1. The molecular weight excluding hydrogens is 170 g/mol. The number of nitrogens with one attached hydrogen (secondary N) is 1. The molecule has 1 heterocycles. The highest BCUT2D eigenvalue weighted by atomic mass is 16.5. The molecule has 0 radical (unpaired) electrons. The lowest BCUT2D eigenvalue weighted by Gasteiger charge is -1.95. The van der Waals surface area contributed by atoms with Crippen LogP contribution in [0.2, 0.25) is 0 Å². The number of aromatic nitrogens is 1. The molecule has 0 unspecified atom stereocenters. The summed E-state index contributed by atoms with van der Waals surface area (Å²) < 4.78 is 4.47. The van der Waals surface area contributed by atoms with Crippen LogP contribution in [0.4, 0.5) is 5.69 Å². The van der Waals surface area contributed by atoms with E-state index in [4.69, 9.17) is 11.0 Å². The third-order valence-corrected chi connectivity index (χ3v) is 1.73. The highest BCUT2D eigenvalue weighted by Crippen LogP contribution is 2.20. The average molecular weight is 179 g/mol. The summed E-state index contributed by atoms with van der Waals surface area (Å²) in [5.41, 5.74) is 6.68. The van der Waals surface area contributed by atoms with Gasteiger partial charge in [0, 0.05) is 5.69 Å². The van der Waals surface area contributed by atoms with Crippen molar-refractivity contribution in [2.24, 2.45) is 0 Å². The van der Waals surface area contributed by atoms with E-state index in [1.54, 1.807) is 6.92 Å². The number of anilines is 1. The second-order valence-corrected chi connectivity index (χ2v) is 2.52. The molecule has 0 aliphatic rings. The zero-order valence-corrected chi connectivity index (χ0v) is 7.34. The molecule has 1 rings (SSSR count). The van der Waals surface area contributed by atoms with Crippen molar-refractivity contribution >= 4 is 11.7 Å². The molecule has 0 saturated carbocycles. The number of methoxy groups -OCH3 is 1. The zero-order valence-electron chi connectivity index (χ0n) is 7.34. The quantitative estimate of drug-likeness (QED) is 0.616. The van der Waals surface area contributed by atoms with Gasteiger partial charge in [0.15, 0.2) is 0 Å². The predicted molar refractivity (Wildman–Crippen MR) is 46.0 cm³/mol. The molecule has 0 aromatic carbocycles. The van der Waals surface area contributed by atoms with Crippen LogP contribution in [0.25, 0.3) is 0 Å². The molecule has 0 atom stereocenters. The van der Waals surface area contributed by atoms with Crippen LogP contribution in [0.15, 0.2) is 0 Å². The van der Waals surface area contributed by atoms with Crippen molar-refractivity contribution in [3.05, 3.63) is 17.0 Å². The SMILES string of the molecule is COC(=O)c1[nH]c(C)c(C#N)c1N. The summed E-state index contributed by atoms with van der Waals surface area (Å²) in [5.74, 6) is -0.568. The number of hydrogen-bond donors (Lipinski definition) is 2. The number of nitrogen functional groups attached to an aromatic ring is 1. The standard InChI is InChI=1S/C8H9N3O2/c1-4-5(3-9)6(10)7(11-4)8(12)13-2/h11H,10H2,1-2H3. The molecule has 1 aromatic rings. The second kappa shape index (κ2) is 3.19. The summed E-state index contributed by atoms with van der Waals surface area (Å²) in [6, 6.07) is 1.90. The number of rotatable bonds is 1. The van der Waals surface area contributed by atoms with E-state index in [0.717, 1.165) is 0 Å². The Labute approximate surface area is 75.1 Å². The van der Waals surface area contributed by atoms with Gasteiger partial charge >= 0.3 is 5.97 Å². The number of H-pyrrole nitrogens is 1. The molecule has 0 spiro atoms. The van der Waals surface area contributed by atoms with Crippen molar-refractivity contribution in [2.45, 2.75) is 6.92 Å². The molecule has 3 N–H and O–H groups in total. The smallest absolute Gasteiger partial charge is 0.356 e. The first-order valence-corrected chi connectivity index (χ1v) is 3.58. The summed E-state index contributed by atoms with van der Waals surface area (Å²) in [7, 11) is 1.25. The maximum absolute atomic E-state index is 11.1. The highest BCUT2D eigenvalue weighted by molar-refractivity contribution is 5.95. The minimum atomic E-state index is -0.568. The van der Waals surface area contributed by atoms with E-state index in [1.807, 2.05) is 6.07 Å². The number of carbonyl (C=O) groups excluding carboxylic acids is 1. The van der Waals surface area contributed by atoms with E-state index in [0.29, 0.717) is 11.3 Å². The van der Waals surface area contributed by atoms with E-state index in [2.05, 4.69) is 9.72 Å². The Hall–Kier alpha value is -1.96. The van der Waals surface area contributed by atoms with Gasteiger partial charge in [-0.3, -0.25) is 0 Å². The van der Waals surface area contributed by atoms with Crippen LogP contribution < -0.4 is 5.73 Å². The number of carbonyl (C=O) groups is 1. The van der Waals surface area contributed by atoms with Gasteiger partial charge in [0.25, 0.3) is 0 Å². The summed E-state index contributed by atoms with van der Waals surface area (Å²) in [6.07, 6.45) is 0. The number of nitrogens with two attached hydrogens (primary N) is 1. The maximum atomic E-state index is 11.1. The Morgan fingerprint density at radius 3 is 2.69 bits per heavy atom. The van der Waals surface area contributed by atoms with E-state index < -0.39 is 5.97 Å². The van der Waals surface area contributed by atoms with E-state index in [-0.39, 0.29) is 11.4 Å². The van der Waals surface area contributed by atoms with E-state index >= 15 is 0 Å². The Bertz CT molecular complexity index is 387. The second-order valence-electron chi connectivity index (χ2n) is 2.52. The lowest BCUT2D eigenvalue weighted by molar-refractivity contribution is 0.0596. The molecule has 1 aromatic heterocycles. The van der Waals surface area contributed by atoms with Crippen molar-refractivity contribution in [1.29, 1.82) is 5.26 Å². The molecule has 0 aliphatic heterocycles. The third-order valence-electron chi connectivity index (χ3n) is 1.73. The molecule has 0 amide bonds. The lowest BCUT2D eigenvalue weighted by atomic mass is 10.2. The number of hydrogen-bond acceptors (Lipinski definition) is 4. The number of aryl methyl sites for hydroxylation is 1. The number of nitriles is 1. The molecule has 0 aliphatic carbocycles. The van der Waals surface area contributed by atoms with Crippen LogP contribution in [0.1, 0.15) is 21.7 Å². The number of aromatic amines is 1. The number of ether oxygens (including phenoxy) is 1. The van der Waals surface area contributed by atoms with Crippen molar-refractivity contribution in [1.82, 2.24) is 4.98 Å². The van der Waals surface area contributed by atoms with Gasteiger partial charge in [-0.15, -0.1) is 0 Å². The summed E-state index contributed by atoms with van der Waals surface area (Å²) in [5, 5.41) is 8.66. The summed E-state index contributed by atoms with van der Waals surface area (Å²) >= 11 is 0.